The van der Waals surface area contributed by atoms with Gasteiger partial charge >= 0.3 is 5.97 Å². The number of hydrogen-bond donors (Lipinski definition) is 5. The fraction of sp³-hybridized carbons (Fsp3) is 0.312. The van der Waals surface area contributed by atoms with Crippen LogP contribution >= 0.6 is 0 Å². The van der Waals surface area contributed by atoms with Crippen LogP contribution in [0, 0.1) is 17.8 Å². The molecule has 8 bridgehead atoms. The number of aromatic nitrogens is 2. The molecule has 1 aromatic carbocycles. The van der Waals surface area contributed by atoms with Crippen LogP contribution in [-0.2, 0) is 22.7 Å². The first kappa shape index (κ1) is 31.8. The quantitative estimate of drug-likeness (QED) is 0.264. The van der Waals surface area contributed by atoms with E-state index < -0.39 is 35.5 Å². The zero-order chi connectivity index (χ0) is 32.6. The second kappa shape index (κ2) is 14.4. The van der Waals surface area contributed by atoms with Crippen LogP contribution in [0.5, 0.6) is 5.75 Å². The van der Waals surface area contributed by atoms with E-state index >= 15 is 0 Å². The monoisotopic (exact) mass is 628 g/mol. The van der Waals surface area contributed by atoms with Gasteiger partial charge in [0.2, 0.25) is 0 Å². The predicted octanol–water partition coefficient (Wildman–Crippen LogP) is 1.46. The van der Waals surface area contributed by atoms with Gasteiger partial charge in [-0.25, -0.2) is 9.97 Å². The number of nitrogens with one attached hydrogen (secondary N) is 4. The molecule has 8 rings (SSSR count). The summed E-state index contributed by atoms with van der Waals surface area (Å²) in [7, 11) is 0. The highest BCUT2D eigenvalue weighted by Gasteiger charge is 2.35. The van der Waals surface area contributed by atoms with Gasteiger partial charge in [0.05, 0.1) is 5.92 Å². The van der Waals surface area contributed by atoms with E-state index in [1.807, 2.05) is 0 Å². The highest BCUT2D eigenvalue weighted by Crippen LogP contribution is 2.34. The smallest absolute Gasteiger partial charge is 0.306 e. The van der Waals surface area contributed by atoms with Gasteiger partial charge in [-0.1, -0.05) is 24.3 Å². The van der Waals surface area contributed by atoms with Crippen molar-refractivity contribution >= 4 is 36.1 Å². The minimum absolute atomic E-state index is 0.00133. The first-order valence-electron chi connectivity index (χ1n) is 14.7. The summed E-state index contributed by atoms with van der Waals surface area (Å²) in [4.78, 5) is 83.3. The van der Waals surface area contributed by atoms with Gasteiger partial charge in [0, 0.05) is 31.7 Å². The van der Waals surface area contributed by atoms with E-state index in [0.29, 0.717) is 30.4 Å². The van der Waals surface area contributed by atoms with Crippen molar-refractivity contribution in [1.82, 2.24) is 31.2 Å². The second-order valence-electron chi connectivity index (χ2n) is 11.1. The summed E-state index contributed by atoms with van der Waals surface area (Å²) >= 11 is 0. The van der Waals surface area contributed by atoms with Crippen molar-refractivity contribution in [2.45, 2.75) is 32.4 Å². The maximum absolute atomic E-state index is 12.9. The molecule has 14 nitrogen and oxygen atoms in total. The average Bonchev–Trinajstić information content (AvgIpc) is 3.07. The number of amides is 4. The molecule has 1 aliphatic carbocycles. The van der Waals surface area contributed by atoms with E-state index in [4.69, 9.17) is 4.74 Å². The average molecular weight is 629 g/mol. The van der Waals surface area contributed by atoms with E-state index in [2.05, 4.69) is 31.2 Å². The zero-order valence-electron chi connectivity index (χ0n) is 24.7. The lowest BCUT2D eigenvalue weighted by Crippen LogP contribution is -2.41. The molecule has 5 aliphatic rings. The number of ether oxygens (including phenoxy) is 1. The Morgan fingerprint density at radius 3 is 1.91 bits per heavy atom. The minimum Gasteiger partial charge on any atom is -0.481 e. The Hall–Kier alpha value is -5.66. The molecule has 46 heavy (non-hydrogen) atoms. The standard InChI is InChI=1S/C32H32N6O8/c39-17-46-27-12-19-8-10-21(27)16-36-31(43)26-6-2-3-23(38-26)28(40)33-13-18-7-9-20(22(11-18)32(44)45)15-35-30(42)25-5-1-4-24(37-25)29(41)34-14-19/h1-6,8,10,12,17-18,20,22H,7,9,11,13-16H2,(H,33,40)(H,34,41)(H,35,42)(H,36,43)(H,44,45)/t18?,20-,22-/m0/s1. The number of rotatable bonds is 3. The maximum atomic E-state index is 12.9. The van der Waals surface area contributed by atoms with Crippen molar-refractivity contribution < 1.29 is 38.6 Å². The van der Waals surface area contributed by atoms with Crippen molar-refractivity contribution in [2.75, 3.05) is 13.1 Å². The Labute approximate surface area is 263 Å². The summed E-state index contributed by atoms with van der Waals surface area (Å²) in [5.41, 5.74) is 1.08. The summed E-state index contributed by atoms with van der Waals surface area (Å²) in [6.45, 7) is 0.580. The number of carboxylic acids is 1. The van der Waals surface area contributed by atoms with Crippen LogP contribution in [0.15, 0.2) is 54.6 Å². The number of carbonyl (C=O) groups excluding carboxylic acids is 5. The molecule has 2 aromatic heterocycles. The van der Waals surface area contributed by atoms with E-state index in [0.717, 1.165) is 0 Å². The Balaban J connectivity index is 1.40. The molecule has 0 radical (unpaired) electrons. The number of benzene rings is 1. The number of hydrogen-bond acceptors (Lipinski definition) is 9. The highest BCUT2D eigenvalue weighted by atomic mass is 16.5. The van der Waals surface area contributed by atoms with E-state index in [9.17, 15) is 33.9 Å². The Morgan fingerprint density at radius 2 is 1.33 bits per heavy atom. The van der Waals surface area contributed by atoms with Crippen molar-refractivity contribution in [3.63, 3.8) is 0 Å². The van der Waals surface area contributed by atoms with E-state index in [1.54, 1.807) is 18.2 Å². The van der Waals surface area contributed by atoms with Gasteiger partial charge in [0.1, 0.15) is 28.5 Å². The Morgan fingerprint density at radius 1 is 0.761 bits per heavy atom. The second-order valence-corrected chi connectivity index (χ2v) is 11.1. The summed E-state index contributed by atoms with van der Waals surface area (Å²) in [5, 5.41) is 20.9. The van der Waals surface area contributed by atoms with Crippen LogP contribution in [-0.4, -0.2) is 64.2 Å². The third-order valence-corrected chi connectivity index (χ3v) is 8.12. The molecule has 14 heteroatoms. The SMILES string of the molecule is O=COc1cc2ccc1CNC(=O)c1cccc(n1)C(=O)NCC1CC[C@@H](CNC(=O)c3cccc(n3)C(=O)NC2)[C@@H](C(=O)O)C1. The van der Waals surface area contributed by atoms with Crippen molar-refractivity contribution in [3.05, 3.63) is 88.5 Å². The molecule has 1 saturated carbocycles. The summed E-state index contributed by atoms with van der Waals surface area (Å²) in [6, 6.07) is 13.8. The topological polar surface area (TPSA) is 206 Å². The lowest BCUT2D eigenvalue weighted by Gasteiger charge is -2.34. The van der Waals surface area contributed by atoms with Crippen LogP contribution in [0.2, 0.25) is 0 Å². The van der Waals surface area contributed by atoms with E-state index in [-0.39, 0.29) is 73.0 Å². The number of pyridine rings is 2. The molecule has 3 atom stereocenters. The minimum atomic E-state index is -0.986. The van der Waals surface area contributed by atoms with Gasteiger partial charge in [0.25, 0.3) is 30.1 Å². The molecule has 4 amide bonds. The van der Waals surface area contributed by atoms with Crippen LogP contribution in [0.25, 0.3) is 0 Å². The molecule has 4 aliphatic heterocycles. The molecular formula is C32H32N6O8. The largest absolute Gasteiger partial charge is 0.481 e. The van der Waals surface area contributed by atoms with Crippen LogP contribution in [0.4, 0.5) is 0 Å². The van der Waals surface area contributed by atoms with Gasteiger partial charge in [-0.15, -0.1) is 0 Å². The van der Waals surface area contributed by atoms with Gasteiger partial charge in [-0.3, -0.25) is 28.8 Å². The molecule has 6 heterocycles. The first-order chi connectivity index (χ1) is 22.2. The fourth-order valence-corrected chi connectivity index (χ4v) is 5.63. The normalized spacial score (nSPS) is 20.9. The number of carbonyl (C=O) groups is 6. The lowest BCUT2D eigenvalue weighted by atomic mass is 9.74. The molecule has 238 valence electrons. The molecule has 0 saturated heterocycles. The Kier molecular flexibility index (Phi) is 9.95. The maximum Gasteiger partial charge on any atom is 0.306 e. The third-order valence-electron chi connectivity index (χ3n) is 8.12. The third kappa shape index (κ3) is 7.70. The van der Waals surface area contributed by atoms with Crippen molar-refractivity contribution in [3.8, 4) is 5.75 Å². The van der Waals surface area contributed by atoms with Gasteiger partial charge in [-0.2, -0.15) is 0 Å². The van der Waals surface area contributed by atoms with Crippen LogP contribution in [0.1, 0.15) is 72.3 Å². The molecule has 0 spiro atoms. The van der Waals surface area contributed by atoms with Gasteiger partial charge in [0.15, 0.2) is 0 Å². The summed E-state index contributed by atoms with van der Waals surface area (Å²) < 4.78 is 5.11. The van der Waals surface area contributed by atoms with Gasteiger partial charge in [-0.05, 0) is 67.0 Å². The molecule has 3 aromatic rings. The van der Waals surface area contributed by atoms with Crippen LogP contribution in [0.3, 0.4) is 0 Å². The Bertz CT molecular complexity index is 1680. The first-order valence-corrected chi connectivity index (χ1v) is 14.7. The molecule has 5 N–H and O–H groups in total. The lowest BCUT2D eigenvalue weighted by molar-refractivity contribution is -0.145. The van der Waals surface area contributed by atoms with Crippen molar-refractivity contribution in [1.29, 1.82) is 0 Å². The fourth-order valence-electron chi connectivity index (χ4n) is 5.63. The highest BCUT2D eigenvalue weighted by molar-refractivity contribution is 5.97. The number of carboxylic acid groups (broad SMARTS) is 1. The van der Waals surface area contributed by atoms with Crippen LogP contribution < -0.4 is 26.0 Å². The summed E-state index contributed by atoms with van der Waals surface area (Å²) in [5.74, 6) is -4.16. The molecule has 1 fully saturated rings. The zero-order valence-corrected chi connectivity index (χ0v) is 24.7. The summed E-state index contributed by atoms with van der Waals surface area (Å²) in [6.07, 6.45) is 1.45. The predicted molar refractivity (Wildman–Crippen MR) is 161 cm³/mol. The number of nitrogens with zero attached hydrogens (tertiary/aromatic N) is 2. The van der Waals surface area contributed by atoms with Gasteiger partial charge < -0.3 is 31.1 Å². The molecular weight excluding hydrogens is 596 g/mol. The molecule has 1 unspecified atom stereocenters. The van der Waals surface area contributed by atoms with E-state index in [1.165, 1.54) is 36.4 Å². The van der Waals surface area contributed by atoms with Crippen molar-refractivity contribution in [2.24, 2.45) is 17.8 Å². The number of aliphatic carboxylic acids is 1.